The van der Waals surface area contributed by atoms with E-state index in [1.165, 1.54) is 18.2 Å². The molecule has 7 nitrogen and oxygen atoms in total. The highest BCUT2D eigenvalue weighted by molar-refractivity contribution is 7.92. The van der Waals surface area contributed by atoms with E-state index in [0.717, 1.165) is 6.26 Å². The summed E-state index contributed by atoms with van der Waals surface area (Å²) in [5.41, 5.74) is -0.0629. The van der Waals surface area contributed by atoms with Crippen LogP contribution in [0.3, 0.4) is 0 Å². The molecule has 0 radical (unpaired) electrons. The zero-order valence-electron chi connectivity index (χ0n) is 11.3. The van der Waals surface area contributed by atoms with Gasteiger partial charge in [0.25, 0.3) is 5.91 Å². The van der Waals surface area contributed by atoms with E-state index in [9.17, 15) is 18.3 Å². The molecule has 0 unspecified atom stereocenters. The van der Waals surface area contributed by atoms with Gasteiger partial charge in [0.2, 0.25) is 10.0 Å². The molecular weight excluding hydrogens is 284 g/mol. The summed E-state index contributed by atoms with van der Waals surface area (Å²) in [5.74, 6) is -0.840. The number of hydrogen-bond acceptors (Lipinski definition) is 5. The van der Waals surface area contributed by atoms with Gasteiger partial charge in [-0.15, -0.1) is 0 Å². The topological polar surface area (TPSA) is 105 Å². The number of phenols is 1. The summed E-state index contributed by atoms with van der Waals surface area (Å²) >= 11 is 0. The molecule has 8 heteroatoms. The first kappa shape index (κ1) is 16.3. The molecule has 0 fully saturated rings. The van der Waals surface area contributed by atoms with Gasteiger partial charge in [-0.2, -0.15) is 0 Å². The number of benzene rings is 1. The highest BCUT2D eigenvalue weighted by Crippen LogP contribution is 2.25. The van der Waals surface area contributed by atoms with E-state index in [2.05, 4.69) is 10.0 Å². The van der Waals surface area contributed by atoms with E-state index in [4.69, 9.17) is 4.74 Å². The number of rotatable bonds is 7. The fourth-order valence-electron chi connectivity index (χ4n) is 1.57. The minimum absolute atomic E-state index is 0.0386. The van der Waals surface area contributed by atoms with Gasteiger partial charge < -0.3 is 15.2 Å². The molecular formula is C12H18N2O5S. The lowest BCUT2D eigenvalue weighted by atomic mass is 10.1. The number of hydrogen-bond donors (Lipinski definition) is 3. The van der Waals surface area contributed by atoms with Crippen molar-refractivity contribution in [2.45, 2.75) is 6.42 Å². The van der Waals surface area contributed by atoms with Gasteiger partial charge in [-0.25, -0.2) is 8.42 Å². The molecule has 0 aromatic heterocycles. The van der Waals surface area contributed by atoms with Crippen molar-refractivity contribution in [1.29, 1.82) is 0 Å². The molecule has 0 spiro atoms. The molecule has 1 rings (SSSR count). The smallest absolute Gasteiger partial charge is 0.257 e. The lowest BCUT2D eigenvalue weighted by Crippen LogP contribution is -2.26. The summed E-state index contributed by atoms with van der Waals surface area (Å²) in [4.78, 5) is 12.0. The van der Waals surface area contributed by atoms with E-state index in [1.807, 2.05) is 0 Å². The molecule has 112 valence electrons. The van der Waals surface area contributed by atoms with E-state index in [1.54, 1.807) is 7.11 Å². The number of ether oxygens (including phenoxy) is 1. The zero-order valence-corrected chi connectivity index (χ0v) is 12.2. The number of sulfonamides is 1. The Morgan fingerprint density at radius 1 is 1.40 bits per heavy atom. The maximum atomic E-state index is 12.0. The highest BCUT2D eigenvalue weighted by atomic mass is 32.2. The summed E-state index contributed by atoms with van der Waals surface area (Å²) in [7, 11) is -1.99. The van der Waals surface area contributed by atoms with Crippen molar-refractivity contribution in [1.82, 2.24) is 5.32 Å². The van der Waals surface area contributed by atoms with Gasteiger partial charge in [-0.1, -0.05) is 6.07 Å². The van der Waals surface area contributed by atoms with Gasteiger partial charge >= 0.3 is 0 Å². The van der Waals surface area contributed by atoms with Crippen molar-refractivity contribution in [2.24, 2.45) is 0 Å². The lowest BCUT2D eigenvalue weighted by Gasteiger charge is -2.12. The van der Waals surface area contributed by atoms with Crippen LogP contribution in [0.4, 0.5) is 5.69 Å². The van der Waals surface area contributed by atoms with E-state index < -0.39 is 15.9 Å². The summed E-state index contributed by atoms with van der Waals surface area (Å²) in [6, 6.07) is 4.17. The second-order valence-electron chi connectivity index (χ2n) is 4.18. The molecule has 0 saturated heterocycles. The van der Waals surface area contributed by atoms with E-state index >= 15 is 0 Å². The Bertz CT molecular complexity index is 571. The van der Waals surface area contributed by atoms with Crippen LogP contribution in [0.1, 0.15) is 16.8 Å². The third-order valence-corrected chi connectivity index (χ3v) is 2.97. The van der Waals surface area contributed by atoms with Crippen molar-refractivity contribution >= 4 is 21.6 Å². The molecule has 0 saturated carbocycles. The minimum Gasteiger partial charge on any atom is -0.507 e. The van der Waals surface area contributed by atoms with Gasteiger partial charge in [0.1, 0.15) is 11.3 Å². The lowest BCUT2D eigenvalue weighted by molar-refractivity contribution is 0.0947. The largest absolute Gasteiger partial charge is 0.507 e. The molecule has 0 aliphatic heterocycles. The van der Waals surface area contributed by atoms with Gasteiger partial charge in [-0.05, 0) is 18.6 Å². The number of carbonyl (C=O) groups is 1. The predicted octanol–water partition coefficient (Wildman–Crippen LogP) is 0.530. The van der Waals surface area contributed by atoms with Crippen LogP contribution in [-0.4, -0.2) is 45.9 Å². The second-order valence-corrected chi connectivity index (χ2v) is 5.92. The van der Waals surface area contributed by atoms with Crippen LogP contribution in [0.5, 0.6) is 5.75 Å². The average molecular weight is 302 g/mol. The monoisotopic (exact) mass is 302 g/mol. The van der Waals surface area contributed by atoms with Crippen LogP contribution in [0.15, 0.2) is 18.2 Å². The Labute approximate surface area is 118 Å². The van der Waals surface area contributed by atoms with Gasteiger partial charge in [0, 0.05) is 20.3 Å². The molecule has 20 heavy (non-hydrogen) atoms. The zero-order chi connectivity index (χ0) is 15.2. The SMILES string of the molecule is COCCCNC(=O)c1c(O)cccc1NS(C)(=O)=O. The predicted molar refractivity (Wildman–Crippen MR) is 75.4 cm³/mol. The first-order chi connectivity index (χ1) is 9.35. The van der Waals surface area contributed by atoms with Crippen LogP contribution in [0, 0.1) is 0 Å². The van der Waals surface area contributed by atoms with Gasteiger partial charge in [0.15, 0.2) is 0 Å². The molecule has 0 bridgehead atoms. The Hall–Kier alpha value is -1.80. The number of methoxy groups -OCH3 is 1. The summed E-state index contributed by atoms with van der Waals surface area (Å²) in [5, 5.41) is 12.3. The van der Waals surface area contributed by atoms with Gasteiger partial charge in [-0.3, -0.25) is 9.52 Å². The third kappa shape index (κ3) is 5.06. The number of aromatic hydroxyl groups is 1. The Kier molecular flexibility index (Phi) is 5.78. The minimum atomic E-state index is -3.54. The molecule has 1 aromatic carbocycles. The van der Waals surface area contributed by atoms with Crippen molar-refractivity contribution in [3.05, 3.63) is 23.8 Å². The van der Waals surface area contributed by atoms with Crippen LogP contribution >= 0.6 is 0 Å². The fraction of sp³-hybridized carbons (Fsp3) is 0.417. The molecule has 0 aliphatic carbocycles. The summed E-state index contributed by atoms with van der Waals surface area (Å²) in [6.45, 7) is 0.856. The summed E-state index contributed by atoms with van der Waals surface area (Å²) in [6.07, 6.45) is 1.59. The molecule has 3 N–H and O–H groups in total. The maximum absolute atomic E-state index is 12.0. The second kappa shape index (κ2) is 7.11. The highest BCUT2D eigenvalue weighted by Gasteiger charge is 2.17. The maximum Gasteiger partial charge on any atom is 0.257 e. The van der Waals surface area contributed by atoms with Crippen molar-refractivity contribution in [3.8, 4) is 5.75 Å². The number of carbonyl (C=O) groups excluding carboxylic acids is 1. The molecule has 1 amide bonds. The number of nitrogens with one attached hydrogen (secondary N) is 2. The van der Waals surface area contributed by atoms with Crippen molar-refractivity contribution in [2.75, 3.05) is 31.2 Å². The molecule has 0 heterocycles. The normalized spacial score (nSPS) is 11.1. The van der Waals surface area contributed by atoms with Crippen LogP contribution in [-0.2, 0) is 14.8 Å². The standard InChI is InChI=1S/C12H18N2O5S/c1-19-8-4-7-13-12(16)11-9(14-20(2,17)18)5-3-6-10(11)15/h3,5-6,14-15H,4,7-8H2,1-2H3,(H,13,16). The van der Waals surface area contributed by atoms with E-state index in [0.29, 0.717) is 19.6 Å². The fourth-order valence-corrected chi connectivity index (χ4v) is 2.14. The number of amides is 1. The van der Waals surface area contributed by atoms with E-state index in [-0.39, 0.29) is 17.0 Å². The van der Waals surface area contributed by atoms with Crippen molar-refractivity contribution < 1.29 is 23.1 Å². The Balaban J connectivity index is 2.89. The molecule has 0 aliphatic rings. The van der Waals surface area contributed by atoms with Crippen molar-refractivity contribution in [3.63, 3.8) is 0 Å². The van der Waals surface area contributed by atoms with Crippen LogP contribution in [0.2, 0.25) is 0 Å². The number of anilines is 1. The first-order valence-electron chi connectivity index (χ1n) is 5.92. The Morgan fingerprint density at radius 2 is 2.10 bits per heavy atom. The first-order valence-corrected chi connectivity index (χ1v) is 7.81. The molecule has 0 atom stereocenters. The van der Waals surface area contributed by atoms with Gasteiger partial charge in [0.05, 0.1) is 11.9 Å². The van der Waals surface area contributed by atoms with Crippen LogP contribution < -0.4 is 10.0 Å². The van der Waals surface area contributed by atoms with Crippen LogP contribution in [0.25, 0.3) is 0 Å². The average Bonchev–Trinajstić information content (AvgIpc) is 2.32. The Morgan fingerprint density at radius 3 is 2.70 bits per heavy atom. The third-order valence-electron chi connectivity index (χ3n) is 2.38. The quantitative estimate of drug-likeness (QED) is 0.637. The number of phenolic OH excluding ortho intramolecular Hbond substituents is 1. The molecule has 1 aromatic rings. The summed E-state index contributed by atoms with van der Waals surface area (Å²) < 4.78 is 29.5.